The number of nitrogens with zero attached hydrogens (tertiary/aromatic N) is 4. The van der Waals surface area contributed by atoms with Gasteiger partial charge >= 0.3 is 0 Å². The number of anilines is 2. The molecule has 2 unspecified atom stereocenters. The number of hydrogen-bond donors (Lipinski definition) is 3. The van der Waals surface area contributed by atoms with Gasteiger partial charge in [-0.3, -0.25) is 4.79 Å². The summed E-state index contributed by atoms with van der Waals surface area (Å²) < 4.78 is 0. The number of aromatic nitrogens is 2. The molecule has 2 atom stereocenters. The second-order valence-corrected chi connectivity index (χ2v) is 6.31. The van der Waals surface area contributed by atoms with Crippen molar-refractivity contribution in [2.45, 2.75) is 32.0 Å². The van der Waals surface area contributed by atoms with E-state index in [9.17, 15) is 4.79 Å². The van der Waals surface area contributed by atoms with E-state index in [0.717, 1.165) is 37.4 Å². The molecule has 23 heavy (non-hydrogen) atoms. The Kier molecular flexibility index (Phi) is 4.27. The second kappa shape index (κ2) is 6.21. The number of hydrazine groups is 1. The highest BCUT2D eigenvalue weighted by Crippen LogP contribution is 2.21. The zero-order chi connectivity index (χ0) is 16.6. The molecule has 1 aromatic rings. The maximum Gasteiger partial charge on any atom is 0.287 e. The van der Waals surface area contributed by atoms with Crippen LogP contribution in [0.25, 0.3) is 0 Å². The summed E-state index contributed by atoms with van der Waals surface area (Å²) in [6, 6.07) is 1.97. The summed E-state index contributed by atoms with van der Waals surface area (Å²) in [5, 5.41) is 14.1. The molecule has 4 N–H and O–H groups in total. The Bertz CT molecular complexity index is 655. The van der Waals surface area contributed by atoms with Crippen LogP contribution in [-0.2, 0) is 0 Å². The molecular formula is C15H25N7O. The number of allylic oxidation sites excluding steroid dienone is 1. The van der Waals surface area contributed by atoms with Gasteiger partial charge in [-0.2, -0.15) is 10.1 Å². The highest BCUT2D eigenvalue weighted by molar-refractivity contribution is 5.53. The highest BCUT2D eigenvalue weighted by atomic mass is 16.1. The van der Waals surface area contributed by atoms with Crippen LogP contribution in [0.3, 0.4) is 0 Å². The summed E-state index contributed by atoms with van der Waals surface area (Å²) in [5.74, 6) is 0.761. The Balaban J connectivity index is 1.80. The van der Waals surface area contributed by atoms with Gasteiger partial charge in [-0.25, -0.2) is 5.10 Å². The van der Waals surface area contributed by atoms with Gasteiger partial charge in [-0.05, 0) is 25.8 Å². The third-order valence-corrected chi connectivity index (χ3v) is 4.66. The zero-order valence-electron chi connectivity index (χ0n) is 13.9. The maximum absolute atomic E-state index is 12.1. The first kappa shape index (κ1) is 15.8. The Labute approximate surface area is 135 Å². The maximum atomic E-state index is 12.1. The normalized spacial score (nSPS) is 25.7. The van der Waals surface area contributed by atoms with E-state index in [4.69, 9.17) is 5.73 Å². The largest absolute Gasteiger partial charge is 0.360 e. The first-order valence-electron chi connectivity index (χ1n) is 7.97. The van der Waals surface area contributed by atoms with Crippen LogP contribution >= 0.6 is 0 Å². The summed E-state index contributed by atoms with van der Waals surface area (Å²) in [4.78, 5) is 14.2. The van der Waals surface area contributed by atoms with Crippen LogP contribution in [-0.4, -0.2) is 59.6 Å². The van der Waals surface area contributed by atoms with Crippen LogP contribution in [0.15, 0.2) is 22.6 Å². The lowest BCUT2D eigenvalue weighted by atomic mass is 10.1. The van der Waals surface area contributed by atoms with Gasteiger partial charge in [0.15, 0.2) is 5.82 Å². The molecule has 0 saturated carbocycles. The van der Waals surface area contributed by atoms with Gasteiger partial charge in [0.2, 0.25) is 0 Å². The lowest BCUT2D eigenvalue weighted by Crippen LogP contribution is -2.44. The Morgan fingerprint density at radius 1 is 1.43 bits per heavy atom. The minimum atomic E-state index is -0.218. The molecule has 1 fully saturated rings. The van der Waals surface area contributed by atoms with E-state index in [1.165, 1.54) is 0 Å². The van der Waals surface area contributed by atoms with Crippen molar-refractivity contribution in [3.05, 3.63) is 28.2 Å². The first-order chi connectivity index (χ1) is 11.0. The monoisotopic (exact) mass is 319 g/mol. The van der Waals surface area contributed by atoms with Gasteiger partial charge in [-0.15, -0.1) is 0 Å². The van der Waals surface area contributed by atoms with Crippen molar-refractivity contribution in [1.29, 1.82) is 0 Å². The first-order valence-corrected chi connectivity index (χ1v) is 7.97. The lowest BCUT2D eigenvalue weighted by Gasteiger charge is -2.32. The topological polar surface area (TPSA) is 93.5 Å². The van der Waals surface area contributed by atoms with Crippen molar-refractivity contribution in [3.63, 3.8) is 0 Å². The molecule has 0 spiro atoms. The minimum Gasteiger partial charge on any atom is -0.360 e. The number of likely N-dealkylation sites (N-methyl/N-ethyl adjacent to an activating group) is 1. The summed E-state index contributed by atoms with van der Waals surface area (Å²) in [5.41, 5.74) is 7.47. The van der Waals surface area contributed by atoms with Gasteiger partial charge in [-0.1, -0.05) is 0 Å². The molecule has 0 radical (unpaired) electrons. The van der Waals surface area contributed by atoms with Crippen molar-refractivity contribution in [3.8, 4) is 0 Å². The van der Waals surface area contributed by atoms with E-state index in [1.807, 2.05) is 37.1 Å². The standard InChI is InChI=1S/C15H25N7O/c1-10-7-13(21(3)20(10)2)17-12-8-14(18-19-15(12)23)22-6-4-5-11(16)9-22/h7-8,11,13H,4-6,9,16H2,1-3H3,(H,17,18)(H,19,23). The van der Waals surface area contributed by atoms with E-state index >= 15 is 0 Å². The van der Waals surface area contributed by atoms with Gasteiger partial charge < -0.3 is 21.0 Å². The van der Waals surface area contributed by atoms with E-state index in [-0.39, 0.29) is 17.8 Å². The zero-order valence-corrected chi connectivity index (χ0v) is 13.9. The van der Waals surface area contributed by atoms with E-state index in [0.29, 0.717) is 5.69 Å². The molecule has 0 aromatic carbocycles. The fourth-order valence-electron chi connectivity index (χ4n) is 3.06. The number of H-pyrrole nitrogens is 1. The Morgan fingerprint density at radius 3 is 2.87 bits per heavy atom. The third-order valence-electron chi connectivity index (χ3n) is 4.66. The predicted octanol–water partition coefficient (Wildman–Crippen LogP) is 0.131. The fraction of sp³-hybridized carbons (Fsp3) is 0.600. The van der Waals surface area contributed by atoms with E-state index in [1.54, 1.807) is 0 Å². The molecule has 0 aliphatic carbocycles. The van der Waals surface area contributed by atoms with Gasteiger partial charge in [0.05, 0.1) is 0 Å². The number of nitrogens with two attached hydrogens (primary N) is 1. The van der Waals surface area contributed by atoms with Crippen molar-refractivity contribution in [2.75, 3.05) is 37.4 Å². The Morgan fingerprint density at radius 2 is 2.22 bits per heavy atom. The molecule has 2 aliphatic rings. The fourth-order valence-corrected chi connectivity index (χ4v) is 3.06. The minimum absolute atomic E-state index is 0.0556. The molecule has 0 amide bonds. The van der Waals surface area contributed by atoms with Crippen LogP contribution in [0.1, 0.15) is 19.8 Å². The van der Waals surface area contributed by atoms with E-state index in [2.05, 4.69) is 26.5 Å². The van der Waals surface area contributed by atoms with Crippen molar-refractivity contribution < 1.29 is 0 Å². The average Bonchev–Trinajstić information content (AvgIpc) is 2.77. The number of aromatic amines is 1. The molecule has 126 valence electrons. The molecule has 3 rings (SSSR count). The third kappa shape index (κ3) is 3.18. The van der Waals surface area contributed by atoms with Crippen molar-refractivity contribution in [1.82, 2.24) is 20.2 Å². The molecule has 3 heterocycles. The average molecular weight is 319 g/mol. The van der Waals surface area contributed by atoms with E-state index < -0.39 is 0 Å². The lowest BCUT2D eigenvalue weighted by molar-refractivity contribution is 0.0724. The van der Waals surface area contributed by atoms with Crippen molar-refractivity contribution in [2.24, 2.45) is 5.73 Å². The molecular weight excluding hydrogens is 294 g/mol. The summed E-state index contributed by atoms with van der Waals surface area (Å²) >= 11 is 0. The van der Waals surface area contributed by atoms with Crippen LogP contribution < -0.4 is 21.5 Å². The smallest absolute Gasteiger partial charge is 0.287 e. The quantitative estimate of drug-likeness (QED) is 0.729. The molecule has 8 heteroatoms. The van der Waals surface area contributed by atoms with Crippen molar-refractivity contribution >= 4 is 11.5 Å². The van der Waals surface area contributed by atoms with Gasteiger partial charge in [0.1, 0.15) is 11.9 Å². The molecule has 1 aromatic heterocycles. The van der Waals surface area contributed by atoms with Gasteiger partial charge in [0, 0.05) is 45.0 Å². The molecule has 0 bridgehead atoms. The summed E-state index contributed by atoms with van der Waals surface area (Å²) in [6.45, 7) is 3.72. The second-order valence-electron chi connectivity index (χ2n) is 6.31. The van der Waals surface area contributed by atoms with Crippen LogP contribution in [0.4, 0.5) is 11.5 Å². The number of hydrogen-bond acceptors (Lipinski definition) is 7. The summed E-state index contributed by atoms with van der Waals surface area (Å²) in [7, 11) is 3.97. The highest BCUT2D eigenvalue weighted by Gasteiger charge is 2.25. The number of piperidine rings is 1. The van der Waals surface area contributed by atoms with Gasteiger partial charge in [0.25, 0.3) is 5.56 Å². The molecule has 2 aliphatic heterocycles. The SMILES string of the molecule is CC1=CC(Nc2cc(N3CCCC(N)C3)n[nH]c2=O)N(C)N1C. The Hall–Kier alpha value is -2.06. The van der Waals surface area contributed by atoms with Crippen LogP contribution in [0, 0.1) is 0 Å². The number of rotatable bonds is 3. The van der Waals surface area contributed by atoms with Crippen LogP contribution in [0.5, 0.6) is 0 Å². The van der Waals surface area contributed by atoms with Crippen LogP contribution in [0.2, 0.25) is 0 Å². The summed E-state index contributed by atoms with van der Waals surface area (Å²) in [6.07, 6.45) is 4.10. The predicted molar refractivity (Wildman–Crippen MR) is 91.0 cm³/mol. The molecule has 8 nitrogen and oxygen atoms in total. The number of nitrogens with one attached hydrogen (secondary N) is 2. The molecule has 1 saturated heterocycles.